The normalized spacial score (nSPS) is 16.2. The maximum atomic E-state index is 13.7. The number of piperazine rings is 1. The average molecular weight is 493 g/mol. The summed E-state index contributed by atoms with van der Waals surface area (Å²) in [6.07, 6.45) is 4.26. The Morgan fingerprint density at radius 3 is 2.40 bits per heavy atom. The van der Waals surface area contributed by atoms with E-state index in [-0.39, 0.29) is 5.91 Å². The van der Waals surface area contributed by atoms with Crippen LogP contribution in [0, 0.1) is 0 Å². The van der Waals surface area contributed by atoms with Crippen LogP contribution in [0.25, 0.3) is 0 Å². The van der Waals surface area contributed by atoms with Crippen LogP contribution in [0.5, 0.6) is 0 Å². The Morgan fingerprint density at radius 2 is 1.69 bits per heavy atom. The molecule has 0 atom stereocenters. The van der Waals surface area contributed by atoms with Gasteiger partial charge in [-0.1, -0.05) is 11.6 Å². The van der Waals surface area contributed by atoms with Crippen LogP contribution in [-0.4, -0.2) is 59.9 Å². The highest BCUT2D eigenvalue weighted by Gasteiger charge is 2.28. The maximum absolute atomic E-state index is 13.7. The largest absolute Gasteiger partial charge is 0.399 e. The molecule has 184 valence electrons. The summed E-state index contributed by atoms with van der Waals surface area (Å²) in [5.41, 5.74) is 10.8. The van der Waals surface area contributed by atoms with Crippen LogP contribution < -0.4 is 15.5 Å². The van der Waals surface area contributed by atoms with Crippen LogP contribution in [0.2, 0.25) is 5.02 Å². The van der Waals surface area contributed by atoms with Crippen molar-refractivity contribution < 1.29 is 4.79 Å². The molecule has 35 heavy (non-hydrogen) atoms. The number of anilines is 3. The van der Waals surface area contributed by atoms with Gasteiger partial charge >= 0.3 is 0 Å². The fourth-order valence-corrected chi connectivity index (χ4v) is 5.34. The number of halogens is 1. The van der Waals surface area contributed by atoms with E-state index in [1.54, 1.807) is 12.1 Å². The number of hydrogen-bond acceptors (Lipinski definition) is 5. The highest BCUT2D eigenvalue weighted by molar-refractivity contribution is 6.30. The van der Waals surface area contributed by atoms with Crippen molar-refractivity contribution in [2.75, 3.05) is 54.8 Å². The Hall–Kier alpha value is -3.03. The Labute approximate surface area is 212 Å². The summed E-state index contributed by atoms with van der Waals surface area (Å²) in [4.78, 5) is 20.5. The topological polar surface area (TPSA) is 70.6 Å². The summed E-state index contributed by atoms with van der Waals surface area (Å²) < 4.78 is 1.91. The van der Waals surface area contributed by atoms with E-state index in [1.807, 2.05) is 40.9 Å². The zero-order valence-corrected chi connectivity index (χ0v) is 21.0. The molecule has 1 fully saturated rings. The van der Waals surface area contributed by atoms with Crippen LogP contribution in [-0.2, 0) is 19.9 Å². The van der Waals surface area contributed by atoms with E-state index in [0.29, 0.717) is 17.8 Å². The molecule has 1 amide bonds. The number of fused-ring (bicyclic) bond motifs is 1. The van der Waals surface area contributed by atoms with Crippen molar-refractivity contribution in [1.82, 2.24) is 14.7 Å². The van der Waals surface area contributed by atoms with Gasteiger partial charge in [-0.2, -0.15) is 5.10 Å². The van der Waals surface area contributed by atoms with Gasteiger partial charge in [0.25, 0.3) is 5.91 Å². The molecule has 3 aromatic rings. The summed E-state index contributed by atoms with van der Waals surface area (Å²) >= 11 is 6.05. The second-order valence-electron chi connectivity index (χ2n) is 9.46. The summed E-state index contributed by atoms with van der Waals surface area (Å²) in [5, 5.41) is 5.54. The monoisotopic (exact) mass is 492 g/mol. The predicted molar refractivity (Wildman–Crippen MR) is 142 cm³/mol. The van der Waals surface area contributed by atoms with Crippen molar-refractivity contribution >= 4 is 34.7 Å². The lowest BCUT2D eigenvalue weighted by atomic mass is 9.97. The number of nitrogens with zero attached hydrogens (tertiary/aromatic N) is 5. The Kier molecular flexibility index (Phi) is 6.97. The number of hydrogen-bond donors (Lipinski definition) is 1. The minimum atomic E-state index is 0.00109. The van der Waals surface area contributed by atoms with Gasteiger partial charge in [-0.05, 0) is 74.2 Å². The maximum Gasteiger partial charge on any atom is 0.259 e. The Bertz CT molecular complexity index is 1170. The minimum absolute atomic E-state index is 0.00109. The molecule has 1 saturated heterocycles. The zero-order chi connectivity index (χ0) is 24.4. The van der Waals surface area contributed by atoms with Crippen molar-refractivity contribution in [1.29, 1.82) is 0 Å². The van der Waals surface area contributed by atoms with Crippen molar-refractivity contribution in [2.24, 2.45) is 7.05 Å². The number of nitrogen functional groups attached to an aromatic ring is 1. The lowest BCUT2D eigenvalue weighted by Gasteiger charge is -2.37. The number of benzene rings is 2. The second-order valence-corrected chi connectivity index (χ2v) is 9.90. The van der Waals surface area contributed by atoms with Crippen LogP contribution in [0.3, 0.4) is 0 Å². The molecule has 0 saturated carbocycles. The molecule has 2 aromatic carbocycles. The summed E-state index contributed by atoms with van der Waals surface area (Å²) in [6.45, 7) is 5.25. The molecule has 0 unspecified atom stereocenters. The van der Waals surface area contributed by atoms with E-state index in [2.05, 4.69) is 21.9 Å². The van der Waals surface area contributed by atoms with Gasteiger partial charge in [0.05, 0.1) is 5.69 Å². The predicted octanol–water partition coefficient (Wildman–Crippen LogP) is 4.00. The molecule has 0 radical (unpaired) electrons. The smallest absolute Gasteiger partial charge is 0.259 e. The number of aromatic nitrogens is 2. The van der Waals surface area contributed by atoms with Crippen LogP contribution in [0.1, 0.15) is 34.5 Å². The first kappa shape index (κ1) is 23.7. The number of carbonyl (C=O) groups excluding carboxylic acids is 1. The van der Waals surface area contributed by atoms with Gasteiger partial charge in [0.1, 0.15) is 5.82 Å². The van der Waals surface area contributed by atoms with Crippen LogP contribution in [0.4, 0.5) is 17.2 Å². The molecule has 2 aliphatic rings. The highest BCUT2D eigenvalue weighted by Crippen LogP contribution is 2.31. The average Bonchev–Trinajstić information content (AvgIpc) is 3.21. The molecule has 0 spiro atoms. The first-order valence-corrected chi connectivity index (χ1v) is 12.8. The third-order valence-corrected chi connectivity index (χ3v) is 7.40. The third kappa shape index (κ3) is 5.16. The van der Waals surface area contributed by atoms with E-state index >= 15 is 0 Å². The zero-order valence-electron chi connectivity index (χ0n) is 20.3. The van der Waals surface area contributed by atoms with Crippen LogP contribution in [0.15, 0.2) is 48.5 Å². The fourth-order valence-electron chi connectivity index (χ4n) is 5.21. The standard InChI is InChI=1S/C27H33ClN6O/c1-31-26(24-4-2-3-5-25(24)30-31)34(27(35)20-6-10-22(29)11-7-20)19-16-32-14-17-33(18-15-32)23-12-8-21(28)9-13-23/h6-13H,2-5,14-19,29H2,1H3. The molecule has 1 aromatic heterocycles. The molecule has 7 nitrogen and oxygen atoms in total. The molecule has 5 rings (SSSR count). The molecule has 1 aliphatic carbocycles. The molecular formula is C27H33ClN6O. The second kappa shape index (κ2) is 10.3. The van der Waals surface area contributed by atoms with Crippen molar-refractivity contribution in [2.45, 2.75) is 25.7 Å². The Morgan fingerprint density at radius 1 is 1.00 bits per heavy atom. The molecular weight excluding hydrogens is 460 g/mol. The van der Waals surface area contributed by atoms with Gasteiger partial charge in [0.15, 0.2) is 0 Å². The first-order valence-electron chi connectivity index (χ1n) is 12.4. The highest BCUT2D eigenvalue weighted by atomic mass is 35.5. The summed E-state index contributed by atoms with van der Waals surface area (Å²) in [5.74, 6) is 0.947. The Balaban J connectivity index is 1.32. The van der Waals surface area contributed by atoms with Crippen molar-refractivity contribution in [3.05, 3.63) is 70.4 Å². The van der Waals surface area contributed by atoms with Gasteiger partial charge < -0.3 is 10.6 Å². The molecule has 1 aliphatic heterocycles. The van der Waals surface area contributed by atoms with Crippen molar-refractivity contribution in [3.63, 3.8) is 0 Å². The van der Waals surface area contributed by atoms with Crippen LogP contribution >= 0.6 is 11.6 Å². The number of nitrogens with two attached hydrogens (primary N) is 1. The molecule has 8 heteroatoms. The molecule has 0 bridgehead atoms. The van der Waals surface area contributed by atoms with Gasteiger partial charge in [0.2, 0.25) is 0 Å². The van der Waals surface area contributed by atoms with Gasteiger partial charge in [0, 0.05) is 73.8 Å². The third-order valence-electron chi connectivity index (χ3n) is 7.15. The number of carbonyl (C=O) groups is 1. The molecule has 2 heterocycles. The first-order chi connectivity index (χ1) is 17.0. The quantitative estimate of drug-likeness (QED) is 0.526. The lowest BCUT2D eigenvalue weighted by Crippen LogP contribution is -2.49. The number of rotatable bonds is 6. The minimum Gasteiger partial charge on any atom is -0.399 e. The van der Waals surface area contributed by atoms with E-state index < -0.39 is 0 Å². The number of amides is 1. The summed E-state index contributed by atoms with van der Waals surface area (Å²) in [7, 11) is 1.96. The van der Waals surface area contributed by atoms with Gasteiger partial charge in [-0.3, -0.25) is 19.3 Å². The van der Waals surface area contributed by atoms with E-state index in [0.717, 1.165) is 74.9 Å². The molecule has 2 N–H and O–H groups in total. The lowest BCUT2D eigenvalue weighted by molar-refractivity contribution is 0.0981. The SMILES string of the molecule is Cn1nc2c(c1N(CCN1CCN(c3ccc(Cl)cc3)CC1)C(=O)c1ccc(N)cc1)CCCC2. The van der Waals surface area contributed by atoms with E-state index in [4.69, 9.17) is 22.4 Å². The van der Waals surface area contributed by atoms with Crippen molar-refractivity contribution in [3.8, 4) is 0 Å². The van der Waals surface area contributed by atoms with E-state index in [9.17, 15) is 4.79 Å². The van der Waals surface area contributed by atoms with E-state index in [1.165, 1.54) is 11.3 Å². The number of aryl methyl sites for hydroxylation is 2. The van der Waals surface area contributed by atoms with Gasteiger partial charge in [-0.25, -0.2) is 0 Å². The van der Waals surface area contributed by atoms with Gasteiger partial charge in [-0.15, -0.1) is 0 Å². The fraction of sp³-hybridized carbons (Fsp3) is 0.407. The summed E-state index contributed by atoms with van der Waals surface area (Å²) in [6, 6.07) is 15.3.